The first-order valence-electron chi connectivity index (χ1n) is 9.13. The second kappa shape index (κ2) is 8.60. The summed E-state index contributed by atoms with van der Waals surface area (Å²) in [7, 11) is -4.79. The van der Waals surface area contributed by atoms with E-state index < -0.39 is 20.0 Å². The van der Waals surface area contributed by atoms with E-state index in [1.165, 1.54) is 61.0 Å². The van der Waals surface area contributed by atoms with E-state index in [0.29, 0.717) is 18.8 Å². The molecular weight excluding hydrogens is 416 g/mol. The van der Waals surface area contributed by atoms with E-state index in [0.717, 1.165) is 19.3 Å². The van der Waals surface area contributed by atoms with Crippen LogP contribution in [0.4, 0.5) is 5.69 Å². The average molecular weight is 441 g/mol. The van der Waals surface area contributed by atoms with Crippen LogP contribution in [-0.2, 0) is 20.0 Å². The van der Waals surface area contributed by atoms with Gasteiger partial charge in [0, 0.05) is 13.1 Å². The van der Waals surface area contributed by atoms with Crippen molar-refractivity contribution < 1.29 is 26.3 Å². The molecule has 1 aliphatic rings. The molecule has 0 radical (unpaired) electrons. The van der Waals surface area contributed by atoms with Gasteiger partial charge in [0.15, 0.2) is 0 Å². The summed E-state index contributed by atoms with van der Waals surface area (Å²) in [5, 5.41) is 0. The zero-order valence-corrected chi connectivity index (χ0v) is 17.9. The summed E-state index contributed by atoms with van der Waals surface area (Å²) in [5.41, 5.74) is 0.0569. The molecule has 0 amide bonds. The maximum atomic E-state index is 12.9. The van der Waals surface area contributed by atoms with Crippen LogP contribution in [-0.4, -0.2) is 48.4 Å². The largest absolute Gasteiger partial charge is 0.497 e. The number of anilines is 1. The van der Waals surface area contributed by atoms with Crippen LogP contribution in [0.2, 0.25) is 0 Å². The third kappa shape index (κ3) is 4.65. The summed E-state index contributed by atoms with van der Waals surface area (Å²) < 4.78 is 65.5. The fraction of sp³-hybridized carbons (Fsp3) is 0.368. The fourth-order valence-corrected chi connectivity index (χ4v) is 5.75. The van der Waals surface area contributed by atoms with Crippen molar-refractivity contribution in [1.29, 1.82) is 0 Å². The minimum absolute atomic E-state index is 0.0182. The van der Waals surface area contributed by atoms with Crippen molar-refractivity contribution in [3.05, 3.63) is 42.5 Å². The predicted molar refractivity (Wildman–Crippen MR) is 109 cm³/mol. The van der Waals surface area contributed by atoms with Crippen LogP contribution in [0.1, 0.15) is 19.3 Å². The van der Waals surface area contributed by atoms with Crippen molar-refractivity contribution in [3.8, 4) is 11.5 Å². The Labute approximate surface area is 171 Å². The topological polar surface area (TPSA) is 102 Å². The molecule has 0 aliphatic carbocycles. The Morgan fingerprint density at radius 1 is 0.828 bits per heavy atom. The molecule has 2 aromatic rings. The number of ether oxygens (including phenoxy) is 2. The molecule has 0 spiro atoms. The zero-order valence-electron chi connectivity index (χ0n) is 16.3. The molecule has 29 heavy (non-hydrogen) atoms. The first-order valence-corrected chi connectivity index (χ1v) is 12.1. The number of hydrogen-bond donors (Lipinski definition) is 1. The molecule has 1 fully saturated rings. The lowest BCUT2D eigenvalue weighted by Crippen LogP contribution is -2.35. The molecule has 10 heteroatoms. The number of rotatable bonds is 7. The van der Waals surface area contributed by atoms with Crippen LogP contribution in [0.15, 0.2) is 52.3 Å². The number of sulfonamides is 2. The fourth-order valence-electron chi connectivity index (χ4n) is 3.14. The van der Waals surface area contributed by atoms with Gasteiger partial charge in [-0.2, -0.15) is 4.31 Å². The van der Waals surface area contributed by atoms with Gasteiger partial charge in [-0.05, 0) is 55.3 Å². The van der Waals surface area contributed by atoms with Crippen LogP contribution in [0.5, 0.6) is 11.5 Å². The van der Waals surface area contributed by atoms with E-state index in [-0.39, 0.29) is 21.2 Å². The van der Waals surface area contributed by atoms with Crippen LogP contribution in [0, 0.1) is 0 Å². The Morgan fingerprint density at radius 2 is 1.45 bits per heavy atom. The minimum atomic E-state index is -3.95. The number of benzene rings is 2. The maximum Gasteiger partial charge on any atom is 0.262 e. The van der Waals surface area contributed by atoms with Gasteiger partial charge in [0.1, 0.15) is 11.5 Å². The molecule has 3 rings (SSSR count). The molecule has 1 saturated heterocycles. The van der Waals surface area contributed by atoms with Gasteiger partial charge in [-0.3, -0.25) is 4.72 Å². The second-order valence-corrected chi connectivity index (χ2v) is 10.2. The lowest BCUT2D eigenvalue weighted by atomic mass is 10.2. The third-order valence-electron chi connectivity index (χ3n) is 4.74. The molecule has 1 aliphatic heterocycles. The minimum Gasteiger partial charge on any atom is -0.497 e. The number of hydrogen-bond acceptors (Lipinski definition) is 6. The zero-order chi connectivity index (χ0) is 21.1. The molecule has 0 atom stereocenters. The Bertz CT molecular complexity index is 1060. The van der Waals surface area contributed by atoms with E-state index in [9.17, 15) is 16.8 Å². The van der Waals surface area contributed by atoms with Crippen molar-refractivity contribution in [3.63, 3.8) is 0 Å². The predicted octanol–water partition coefficient (Wildman–Crippen LogP) is 2.68. The molecule has 0 unspecified atom stereocenters. The molecule has 0 bridgehead atoms. The Morgan fingerprint density at radius 3 is 2.03 bits per heavy atom. The highest BCUT2D eigenvalue weighted by Crippen LogP contribution is 2.31. The second-order valence-electron chi connectivity index (χ2n) is 6.61. The molecule has 0 aromatic heterocycles. The first kappa shape index (κ1) is 21.4. The smallest absolute Gasteiger partial charge is 0.262 e. The summed E-state index contributed by atoms with van der Waals surface area (Å²) >= 11 is 0. The van der Waals surface area contributed by atoms with Crippen LogP contribution < -0.4 is 14.2 Å². The normalized spacial score (nSPS) is 15.7. The van der Waals surface area contributed by atoms with Crippen LogP contribution in [0.25, 0.3) is 0 Å². The van der Waals surface area contributed by atoms with E-state index in [1.54, 1.807) is 0 Å². The summed E-state index contributed by atoms with van der Waals surface area (Å²) in [6.45, 7) is 0.919. The average Bonchev–Trinajstić information content (AvgIpc) is 2.74. The highest BCUT2D eigenvalue weighted by Gasteiger charge is 2.27. The lowest BCUT2D eigenvalue weighted by molar-refractivity contribution is 0.346. The maximum absolute atomic E-state index is 12.9. The highest BCUT2D eigenvalue weighted by molar-refractivity contribution is 7.92. The summed E-state index contributed by atoms with van der Waals surface area (Å²) in [5.74, 6) is 0.746. The Kier molecular flexibility index (Phi) is 6.35. The van der Waals surface area contributed by atoms with Gasteiger partial charge in [0.25, 0.3) is 10.0 Å². The number of nitrogens with zero attached hydrogens (tertiary/aromatic N) is 1. The van der Waals surface area contributed by atoms with Crippen molar-refractivity contribution >= 4 is 25.7 Å². The highest BCUT2D eigenvalue weighted by atomic mass is 32.2. The van der Waals surface area contributed by atoms with E-state index >= 15 is 0 Å². The molecule has 0 saturated carbocycles. The summed E-state index contributed by atoms with van der Waals surface area (Å²) in [4.78, 5) is 0.0391. The monoisotopic (exact) mass is 440 g/mol. The standard InChI is InChI=1S/C19H24N2O6S2/c1-26-15-6-8-16(9-7-15)28(22,23)20-18-14-17(10-11-19(18)27-2)29(24,25)21-12-4-3-5-13-21/h6-11,14,20H,3-5,12-13H2,1-2H3. The number of piperidine rings is 1. The van der Waals surface area contributed by atoms with Crippen molar-refractivity contribution in [2.45, 2.75) is 29.1 Å². The third-order valence-corrected chi connectivity index (χ3v) is 8.01. The van der Waals surface area contributed by atoms with Crippen molar-refractivity contribution in [2.24, 2.45) is 0 Å². The molecule has 8 nitrogen and oxygen atoms in total. The Balaban J connectivity index is 1.94. The summed E-state index contributed by atoms with van der Waals surface area (Å²) in [6, 6.07) is 10.0. The number of methoxy groups -OCH3 is 2. The van der Waals surface area contributed by atoms with E-state index in [4.69, 9.17) is 9.47 Å². The van der Waals surface area contributed by atoms with Crippen LogP contribution >= 0.6 is 0 Å². The van der Waals surface area contributed by atoms with E-state index in [1.807, 2.05) is 0 Å². The number of nitrogens with one attached hydrogen (secondary N) is 1. The molecular formula is C19H24N2O6S2. The van der Waals surface area contributed by atoms with Crippen molar-refractivity contribution in [1.82, 2.24) is 4.31 Å². The van der Waals surface area contributed by atoms with Gasteiger partial charge >= 0.3 is 0 Å². The Hall–Kier alpha value is -2.30. The van der Waals surface area contributed by atoms with Gasteiger partial charge < -0.3 is 9.47 Å². The van der Waals surface area contributed by atoms with Gasteiger partial charge in [0.05, 0.1) is 29.7 Å². The molecule has 1 N–H and O–H groups in total. The molecule has 1 heterocycles. The quantitative estimate of drug-likeness (QED) is 0.710. The van der Waals surface area contributed by atoms with Gasteiger partial charge in [-0.1, -0.05) is 6.42 Å². The first-order chi connectivity index (χ1) is 13.8. The summed E-state index contributed by atoms with van der Waals surface area (Å²) in [6.07, 6.45) is 2.63. The van der Waals surface area contributed by atoms with E-state index in [2.05, 4.69) is 4.72 Å². The van der Waals surface area contributed by atoms with Gasteiger partial charge in [0.2, 0.25) is 10.0 Å². The van der Waals surface area contributed by atoms with Gasteiger partial charge in [-0.25, -0.2) is 16.8 Å². The lowest BCUT2D eigenvalue weighted by Gasteiger charge is -2.26. The van der Waals surface area contributed by atoms with Crippen molar-refractivity contribution in [2.75, 3.05) is 32.0 Å². The molecule has 2 aromatic carbocycles. The SMILES string of the molecule is COc1ccc(S(=O)(=O)Nc2cc(S(=O)(=O)N3CCCCC3)ccc2OC)cc1. The molecule has 158 valence electrons. The van der Waals surface area contributed by atoms with Gasteiger partial charge in [-0.15, -0.1) is 0 Å². The van der Waals surface area contributed by atoms with Crippen LogP contribution in [0.3, 0.4) is 0 Å².